The van der Waals surface area contributed by atoms with E-state index in [4.69, 9.17) is 17.2 Å². The molecule has 18 heteroatoms. The van der Waals surface area contributed by atoms with Crippen LogP contribution in [0.15, 0.2) is 0 Å². The van der Waals surface area contributed by atoms with Crippen molar-refractivity contribution in [3.8, 4) is 0 Å². The zero-order valence-corrected chi connectivity index (χ0v) is 44.1. The Bertz CT molecular complexity index is 1320. The number of carbonyl (C=O) groups is 6. The number of aliphatic hydroxyl groups excluding tert-OH is 2. The maximum atomic E-state index is 13.6. The molecule has 0 rings (SSSR count). The number of amides is 5. The first-order valence-electron chi connectivity index (χ1n) is 27.8. The first kappa shape index (κ1) is 69.8. The van der Waals surface area contributed by atoms with Gasteiger partial charge in [0.1, 0.15) is 18.4 Å². The minimum Gasteiger partial charge on any atom is -0.394 e. The second-order valence-corrected chi connectivity index (χ2v) is 19.1. The van der Waals surface area contributed by atoms with Gasteiger partial charge in [-0.15, -0.1) is 0 Å². The third-order valence-corrected chi connectivity index (χ3v) is 12.8. The minimum atomic E-state index is -1.14. The van der Waals surface area contributed by atoms with Crippen LogP contribution >= 0.6 is 0 Å². The highest BCUT2D eigenvalue weighted by Gasteiger charge is 2.24. The summed E-state index contributed by atoms with van der Waals surface area (Å²) in [5.41, 5.74) is 22.9. The van der Waals surface area contributed by atoms with Crippen LogP contribution in [-0.2, 0) is 28.8 Å². The van der Waals surface area contributed by atoms with Gasteiger partial charge in [0.2, 0.25) is 29.5 Å². The number of hydrogen-bond acceptors (Lipinski definition) is 13. The molecule has 418 valence electrons. The third-order valence-electron chi connectivity index (χ3n) is 12.8. The van der Waals surface area contributed by atoms with Crippen LogP contribution in [0.5, 0.6) is 0 Å². The molecule has 0 saturated heterocycles. The molecule has 0 aromatic heterocycles. The van der Waals surface area contributed by atoms with Crippen LogP contribution in [0.1, 0.15) is 214 Å². The van der Waals surface area contributed by atoms with E-state index in [1.165, 1.54) is 77.0 Å². The topological polar surface area (TPSA) is 288 Å². The summed E-state index contributed by atoms with van der Waals surface area (Å²) < 4.78 is 0. The number of carbonyl (C=O) groups excluding carboxylic acids is 6. The molecule has 0 unspecified atom stereocenters. The van der Waals surface area contributed by atoms with Gasteiger partial charge in [0.25, 0.3) is 0 Å². The van der Waals surface area contributed by atoms with E-state index in [2.05, 4.69) is 40.6 Å². The summed E-state index contributed by atoms with van der Waals surface area (Å²) in [5.74, 6) is -1.36. The van der Waals surface area contributed by atoms with Gasteiger partial charge in [0.15, 0.2) is 0 Å². The SMILES string of the molecule is C.CCCCCCCCCCCC(=O)N(CCCCN(CCCNC(=O)[C@H](CO)NC(=O)[C@@H](N)CCCCN)C(=O)CCCCCCCCCCC)CCCNN[C@@H](CO)C(=O)N[C@@H](C=O)CCCCN. The zero-order valence-electron chi connectivity index (χ0n) is 44.1. The van der Waals surface area contributed by atoms with E-state index in [1.54, 1.807) is 0 Å². The van der Waals surface area contributed by atoms with Crippen molar-refractivity contribution >= 4 is 35.8 Å². The van der Waals surface area contributed by atoms with Gasteiger partial charge < -0.3 is 58.0 Å². The van der Waals surface area contributed by atoms with Crippen molar-refractivity contribution in [2.75, 3.05) is 65.6 Å². The Kier molecular flexibility index (Phi) is 49.4. The average Bonchev–Trinajstić information content (AvgIpc) is 3.36. The van der Waals surface area contributed by atoms with Crippen LogP contribution in [0.2, 0.25) is 0 Å². The Morgan fingerprint density at radius 1 is 0.507 bits per heavy atom. The van der Waals surface area contributed by atoms with Crippen molar-refractivity contribution < 1.29 is 39.0 Å². The Balaban J connectivity index is 0. The number of hydrogen-bond donors (Lipinski definition) is 10. The molecule has 0 aliphatic heterocycles. The van der Waals surface area contributed by atoms with E-state index in [0.29, 0.717) is 116 Å². The number of nitrogens with two attached hydrogens (primary N) is 3. The predicted octanol–water partition coefficient (Wildman–Crippen LogP) is 5.00. The van der Waals surface area contributed by atoms with E-state index in [1.807, 2.05) is 9.80 Å². The Hall–Kier alpha value is -3.26. The number of rotatable bonds is 51. The monoisotopic (exact) mass is 1010 g/mol. The Morgan fingerprint density at radius 3 is 1.39 bits per heavy atom. The maximum absolute atomic E-state index is 13.6. The van der Waals surface area contributed by atoms with E-state index in [-0.39, 0.29) is 25.8 Å². The molecule has 0 heterocycles. The molecule has 71 heavy (non-hydrogen) atoms. The number of aldehydes is 1. The Labute approximate surface area is 431 Å². The molecule has 0 bridgehead atoms. The van der Waals surface area contributed by atoms with Crippen molar-refractivity contribution in [3.63, 3.8) is 0 Å². The normalized spacial score (nSPS) is 12.8. The number of nitrogens with zero attached hydrogens (tertiary/aromatic N) is 2. The molecule has 0 fully saturated rings. The van der Waals surface area contributed by atoms with Crippen molar-refractivity contribution in [2.24, 2.45) is 17.2 Å². The van der Waals surface area contributed by atoms with E-state index in [9.17, 15) is 39.0 Å². The first-order chi connectivity index (χ1) is 34.0. The fourth-order valence-electron chi connectivity index (χ4n) is 8.25. The molecule has 0 aliphatic rings. The lowest BCUT2D eigenvalue weighted by Gasteiger charge is -2.26. The molecule has 0 spiro atoms. The highest BCUT2D eigenvalue weighted by molar-refractivity contribution is 5.89. The lowest BCUT2D eigenvalue weighted by molar-refractivity contribution is -0.133. The first-order valence-corrected chi connectivity index (χ1v) is 27.8. The molecule has 4 atom stereocenters. The van der Waals surface area contributed by atoms with Gasteiger partial charge in [-0.3, -0.25) is 29.4 Å². The minimum absolute atomic E-state index is 0. The second-order valence-electron chi connectivity index (χ2n) is 19.1. The quantitative estimate of drug-likeness (QED) is 0.0219. The molecular formula is C53H108N10O8. The van der Waals surface area contributed by atoms with E-state index >= 15 is 0 Å². The van der Waals surface area contributed by atoms with Gasteiger partial charge in [0.05, 0.1) is 25.3 Å². The maximum Gasteiger partial charge on any atom is 0.244 e. The Morgan fingerprint density at radius 2 is 0.944 bits per heavy atom. The van der Waals surface area contributed by atoms with Crippen molar-refractivity contribution in [1.82, 2.24) is 36.6 Å². The summed E-state index contributed by atoms with van der Waals surface area (Å²) in [4.78, 5) is 80.8. The number of nitrogens with one attached hydrogen (secondary N) is 5. The van der Waals surface area contributed by atoms with Gasteiger partial charge in [-0.25, -0.2) is 5.43 Å². The third kappa shape index (κ3) is 39.0. The fourth-order valence-corrected chi connectivity index (χ4v) is 8.25. The largest absolute Gasteiger partial charge is 0.394 e. The summed E-state index contributed by atoms with van der Waals surface area (Å²) >= 11 is 0. The summed E-state index contributed by atoms with van der Waals surface area (Å²) in [5, 5.41) is 27.8. The smallest absolute Gasteiger partial charge is 0.244 e. The van der Waals surface area contributed by atoms with Crippen LogP contribution in [-0.4, -0.2) is 146 Å². The summed E-state index contributed by atoms with van der Waals surface area (Å²) in [6.07, 6.45) is 28.6. The van der Waals surface area contributed by atoms with Crippen molar-refractivity contribution in [2.45, 2.75) is 238 Å². The average molecular weight is 1010 g/mol. The molecule has 0 radical (unpaired) electrons. The van der Waals surface area contributed by atoms with Gasteiger partial charge in [-0.1, -0.05) is 130 Å². The van der Waals surface area contributed by atoms with Gasteiger partial charge >= 0.3 is 0 Å². The molecule has 0 aromatic carbocycles. The standard InChI is InChI=1S/C52H104N10O8.CH4/c1-3-5-7-9-11-13-15-17-19-31-48(66)61(39-27-35-56-51(69)46(42-64)59-50(68)45(55)30-22-24-34-54)37-25-26-38-62(49(67)32-20-18-16-14-12-10-8-6-4-2)40-28-36-57-60-47(43-65)52(70)58-44(41-63)29-21-23-33-53;/h41,44-47,57,60,64-65H,3-40,42-43,53-55H2,1-2H3,(H,56,69)(H,58,70)(H,59,68);1H4/t44-,45+,46+,47+;/m1./s1. The highest BCUT2D eigenvalue weighted by atomic mass is 16.3. The fraction of sp³-hybridized carbons (Fsp3) is 0.887. The van der Waals surface area contributed by atoms with Gasteiger partial charge in [-0.2, -0.15) is 0 Å². The summed E-state index contributed by atoms with van der Waals surface area (Å²) in [6, 6.07) is -3.57. The summed E-state index contributed by atoms with van der Waals surface area (Å²) in [7, 11) is 0. The van der Waals surface area contributed by atoms with Crippen LogP contribution < -0.4 is 44.0 Å². The number of hydrazine groups is 1. The molecule has 0 aliphatic carbocycles. The summed E-state index contributed by atoms with van der Waals surface area (Å²) in [6.45, 7) is 7.01. The predicted molar refractivity (Wildman–Crippen MR) is 288 cm³/mol. The molecule has 13 N–H and O–H groups in total. The van der Waals surface area contributed by atoms with Crippen LogP contribution in [0.3, 0.4) is 0 Å². The molecule has 0 saturated carbocycles. The second kappa shape index (κ2) is 50.3. The molecule has 5 amide bonds. The van der Waals surface area contributed by atoms with Crippen molar-refractivity contribution in [1.29, 1.82) is 0 Å². The van der Waals surface area contributed by atoms with E-state index in [0.717, 1.165) is 51.4 Å². The van der Waals surface area contributed by atoms with Gasteiger partial charge in [-0.05, 0) is 83.7 Å². The molecular weight excluding hydrogens is 905 g/mol. The molecule has 0 aromatic rings. The van der Waals surface area contributed by atoms with Crippen LogP contribution in [0.4, 0.5) is 0 Å². The van der Waals surface area contributed by atoms with E-state index < -0.39 is 55.1 Å². The lowest BCUT2D eigenvalue weighted by atomic mass is 10.1. The number of aliphatic hydroxyl groups is 2. The highest BCUT2D eigenvalue weighted by Crippen LogP contribution is 2.14. The van der Waals surface area contributed by atoms with Gasteiger partial charge in [0, 0.05) is 52.1 Å². The van der Waals surface area contributed by atoms with Crippen LogP contribution in [0, 0.1) is 0 Å². The number of unbranched alkanes of at least 4 members (excludes halogenated alkanes) is 19. The van der Waals surface area contributed by atoms with Crippen molar-refractivity contribution in [3.05, 3.63) is 0 Å². The zero-order chi connectivity index (χ0) is 51.9. The lowest BCUT2D eigenvalue weighted by Crippen LogP contribution is -2.54. The van der Waals surface area contributed by atoms with Crippen LogP contribution in [0.25, 0.3) is 0 Å². The molecule has 18 nitrogen and oxygen atoms in total.